The third-order valence-electron chi connectivity index (χ3n) is 3.79. The third kappa shape index (κ3) is 3.93. The lowest BCUT2D eigenvalue weighted by atomic mass is 10.0. The van der Waals surface area contributed by atoms with Crippen molar-refractivity contribution < 1.29 is 8.42 Å². The van der Waals surface area contributed by atoms with Gasteiger partial charge in [-0.2, -0.15) is 0 Å². The van der Waals surface area contributed by atoms with Gasteiger partial charge in [-0.1, -0.05) is 26.7 Å². The van der Waals surface area contributed by atoms with Gasteiger partial charge in [0, 0.05) is 19.6 Å². The van der Waals surface area contributed by atoms with Crippen LogP contribution in [0.2, 0.25) is 0 Å². The summed E-state index contributed by atoms with van der Waals surface area (Å²) in [4.78, 5) is 0. The van der Waals surface area contributed by atoms with Crippen LogP contribution < -0.4 is 5.73 Å². The van der Waals surface area contributed by atoms with Crippen molar-refractivity contribution in [1.29, 1.82) is 0 Å². The normalized spacial score (nSPS) is 20.4. The van der Waals surface area contributed by atoms with E-state index in [9.17, 15) is 8.42 Å². The van der Waals surface area contributed by atoms with Gasteiger partial charge in [-0.25, -0.2) is 12.7 Å². The zero-order chi connectivity index (χ0) is 13.1. The Kier molecular flexibility index (Phi) is 5.41. The zero-order valence-electron chi connectivity index (χ0n) is 11.2. The highest BCUT2D eigenvalue weighted by Crippen LogP contribution is 2.26. The van der Waals surface area contributed by atoms with Gasteiger partial charge < -0.3 is 5.73 Å². The predicted molar refractivity (Wildman–Crippen MR) is 71.2 cm³/mol. The monoisotopic (exact) mass is 262 g/mol. The van der Waals surface area contributed by atoms with E-state index in [0.717, 1.165) is 32.1 Å². The lowest BCUT2D eigenvalue weighted by molar-refractivity contribution is 0.393. The summed E-state index contributed by atoms with van der Waals surface area (Å²) in [6.07, 6.45) is 4.47. The Morgan fingerprint density at radius 1 is 1.29 bits per heavy atom. The summed E-state index contributed by atoms with van der Waals surface area (Å²) in [5, 5.41) is -0.150. The van der Waals surface area contributed by atoms with Crippen LogP contribution in [0.4, 0.5) is 0 Å². The molecule has 1 aliphatic carbocycles. The molecule has 0 spiro atoms. The number of nitrogens with zero attached hydrogens (tertiary/aromatic N) is 1. The summed E-state index contributed by atoms with van der Waals surface area (Å²) >= 11 is 0. The molecule has 1 rings (SSSR count). The Bertz CT molecular complexity index is 321. The maximum atomic E-state index is 12.2. The van der Waals surface area contributed by atoms with E-state index in [-0.39, 0.29) is 11.3 Å². The van der Waals surface area contributed by atoms with Crippen LogP contribution in [0.3, 0.4) is 0 Å². The molecule has 0 saturated heterocycles. The molecule has 1 aliphatic rings. The minimum atomic E-state index is -3.08. The quantitative estimate of drug-likeness (QED) is 0.790. The van der Waals surface area contributed by atoms with Crippen molar-refractivity contribution >= 4 is 10.0 Å². The van der Waals surface area contributed by atoms with E-state index in [4.69, 9.17) is 5.73 Å². The first kappa shape index (κ1) is 14.9. The van der Waals surface area contributed by atoms with Crippen LogP contribution in [0.25, 0.3) is 0 Å². The average molecular weight is 262 g/mol. The summed E-state index contributed by atoms with van der Waals surface area (Å²) in [5.41, 5.74) is 5.94. The summed E-state index contributed by atoms with van der Waals surface area (Å²) < 4.78 is 25.9. The molecule has 1 atom stereocenters. The van der Waals surface area contributed by atoms with Crippen LogP contribution in [0, 0.1) is 5.92 Å². The predicted octanol–water partition coefficient (Wildman–Crippen LogP) is 1.56. The standard InChI is InChI=1S/C12H26N2O2S/c1-10(2)12(13)8-9-14(3)17(15,16)11-6-4-5-7-11/h10-12H,4-9,13H2,1-3H3. The molecule has 17 heavy (non-hydrogen) atoms. The number of hydrogen-bond acceptors (Lipinski definition) is 3. The van der Waals surface area contributed by atoms with Gasteiger partial charge >= 0.3 is 0 Å². The van der Waals surface area contributed by atoms with Gasteiger partial charge in [-0.3, -0.25) is 0 Å². The molecule has 2 N–H and O–H groups in total. The maximum absolute atomic E-state index is 12.2. The maximum Gasteiger partial charge on any atom is 0.216 e. The molecule has 1 unspecified atom stereocenters. The SMILES string of the molecule is CC(C)C(N)CCN(C)S(=O)(=O)C1CCCC1. The van der Waals surface area contributed by atoms with Crippen molar-refractivity contribution in [2.75, 3.05) is 13.6 Å². The van der Waals surface area contributed by atoms with Crippen molar-refractivity contribution in [1.82, 2.24) is 4.31 Å². The van der Waals surface area contributed by atoms with Crippen molar-refractivity contribution in [3.63, 3.8) is 0 Å². The first-order valence-electron chi connectivity index (χ1n) is 6.56. The van der Waals surface area contributed by atoms with E-state index >= 15 is 0 Å². The van der Waals surface area contributed by atoms with Gasteiger partial charge in [0.1, 0.15) is 0 Å². The fourth-order valence-corrected chi connectivity index (χ4v) is 4.03. The Balaban J connectivity index is 2.48. The topological polar surface area (TPSA) is 63.4 Å². The molecule has 102 valence electrons. The van der Waals surface area contributed by atoms with Crippen molar-refractivity contribution in [2.24, 2.45) is 11.7 Å². The zero-order valence-corrected chi connectivity index (χ0v) is 12.0. The molecule has 1 fully saturated rings. The Labute approximate surface area is 106 Å². The molecule has 0 bridgehead atoms. The number of rotatable bonds is 6. The Hall–Kier alpha value is -0.130. The van der Waals surface area contributed by atoms with E-state index in [1.807, 2.05) is 0 Å². The molecule has 0 heterocycles. The smallest absolute Gasteiger partial charge is 0.216 e. The minimum Gasteiger partial charge on any atom is -0.327 e. The van der Waals surface area contributed by atoms with Gasteiger partial charge in [0.05, 0.1) is 5.25 Å². The second-order valence-electron chi connectivity index (χ2n) is 5.47. The van der Waals surface area contributed by atoms with Crippen LogP contribution >= 0.6 is 0 Å². The second kappa shape index (κ2) is 6.16. The van der Waals surface area contributed by atoms with Crippen LogP contribution in [0.5, 0.6) is 0 Å². The molecule has 0 aliphatic heterocycles. The van der Waals surface area contributed by atoms with Crippen LogP contribution in [0.1, 0.15) is 46.0 Å². The van der Waals surface area contributed by atoms with Crippen LogP contribution in [-0.2, 0) is 10.0 Å². The van der Waals surface area contributed by atoms with E-state index in [1.165, 1.54) is 4.31 Å². The minimum absolute atomic E-state index is 0.0798. The fourth-order valence-electron chi connectivity index (χ4n) is 2.23. The lowest BCUT2D eigenvalue weighted by Gasteiger charge is -2.24. The van der Waals surface area contributed by atoms with E-state index < -0.39 is 10.0 Å². The largest absolute Gasteiger partial charge is 0.327 e. The highest BCUT2D eigenvalue weighted by atomic mass is 32.2. The molecular formula is C12H26N2O2S. The Morgan fingerprint density at radius 3 is 2.29 bits per heavy atom. The van der Waals surface area contributed by atoms with Crippen molar-refractivity contribution in [2.45, 2.75) is 57.2 Å². The summed E-state index contributed by atoms with van der Waals surface area (Å²) in [5.74, 6) is 0.401. The van der Waals surface area contributed by atoms with E-state index in [2.05, 4.69) is 13.8 Å². The summed E-state index contributed by atoms with van der Waals surface area (Å²) in [6, 6.07) is 0.0798. The molecule has 0 aromatic rings. The molecule has 5 heteroatoms. The third-order valence-corrected chi connectivity index (χ3v) is 6.16. The van der Waals surface area contributed by atoms with Gasteiger partial charge in [0.15, 0.2) is 0 Å². The molecule has 0 amide bonds. The van der Waals surface area contributed by atoms with Crippen molar-refractivity contribution in [3.05, 3.63) is 0 Å². The van der Waals surface area contributed by atoms with Gasteiger partial charge in [-0.05, 0) is 25.2 Å². The number of hydrogen-bond donors (Lipinski definition) is 1. The average Bonchev–Trinajstić information content (AvgIpc) is 2.78. The van der Waals surface area contributed by atoms with Gasteiger partial charge in [0.25, 0.3) is 0 Å². The summed E-state index contributed by atoms with van der Waals surface area (Å²) in [7, 11) is -1.40. The lowest BCUT2D eigenvalue weighted by Crippen LogP contribution is -2.38. The molecule has 0 radical (unpaired) electrons. The Morgan fingerprint density at radius 2 is 1.82 bits per heavy atom. The van der Waals surface area contributed by atoms with Crippen LogP contribution in [0.15, 0.2) is 0 Å². The highest BCUT2D eigenvalue weighted by molar-refractivity contribution is 7.89. The van der Waals surface area contributed by atoms with Gasteiger partial charge in [0.2, 0.25) is 10.0 Å². The molecule has 0 aromatic heterocycles. The van der Waals surface area contributed by atoms with Gasteiger partial charge in [-0.15, -0.1) is 0 Å². The first-order valence-corrected chi connectivity index (χ1v) is 8.06. The van der Waals surface area contributed by atoms with Crippen molar-refractivity contribution in [3.8, 4) is 0 Å². The number of nitrogens with two attached hydrogens (primary N) is 1. The second-order valence-corrected chi connectivity index (χ2v) is 7.79. The first-order chi connectivity index (χ1) is 7.85. The van der Waals surface area contributed by atoms with E-state index in [0.29, 0.717) is 12.5 Å². The van der Waals surface area contributed by atoms with E-state index in [1.54, 1.807) is 7.05 Å². The summed E-state index contributed by atoms with van der Waals surface area (Å²) in [6.45, 7) is 4.67. The molecule has 1 saturated carbocycles. The molecular weight excluding hydrogens is 236 g/mol. The molecule has 0 aromatic carbocycles. The highest BCUT2D eigenvalue weighted by Gasteiger charge is 2.32. The van der Waals surface area contributed by atoms with Crippen LogP contribution in [-0.4, -0.2) is 37.6 Å². The molecule has 4 nitrogen and oxygen atoms in total. The fraction of sp³-hybridized carbons (Fsp3) is 1.00. The number of sulfonamides is 1.